The Balaban J connectivity index is 1.42. The molecule has 2 aliphatic heterocycles. The van der Waals surface area contributed by atoms with Gasteiger partial charge in [0.05, 0.1) is 5.92 Å². The van der Waals surface area contributed by atoms with Gasteiger partial charge in [-0.25, -0.2) is 0 Å². The number of aliphatic carboxylic acids is 1. The lowest BCUT2D eigenvalue weighted by atomic mass is 9.92. The van der Waals surface area contributed by atoms with Crippen LogP contribution in [0.3, 0.4) is 0 Å². The quantitative estimate of drug-likeness (QED) is 0.901. The number of carboxylic acids is 1. The predicted octanol–water partition coefficient (Wildman–Crippen LogP) is 1.21. The van der Waals surface area contributed by atoms with Gasteiger partial charge in [0.2, 0.25) is 5.91 Å². The van der Waals surface area contributed by atoms with E-state index in [9.17, 15) is 19.5 Å². The molecule has 1 N–H and O–H groups in total. The highest BCUT2D eigenvalue weighted by Gasteiger charge is 2.47. The summed E-state index contributed by atoms with van der Waals surface area (Å²) in [6.07, 6.45) is 2.13. The van der Waals surface area contributed by atoms with Gasteiger partial charge in [-0.05, 0) is 36.3 Å². The molecule has 0 aromatic heterocycles. The van der Waals surface area contributed by atoms with E-state index in [1.807, 2.05) is 18.2 Å². The highest BCUT2D eigenvalue weighted by atomic mass is 16.4. The van der Waals surface area contributed by atoms with Crippen molar-refractivity contribution in [2.24, 2.45) is 17.8 Å². The SMILES string of the molecule is O=C(O)[C@H]1CN(C(=O)CN2Cc3ccccc3C2=O)C[C@@H]1C1CC1. The fourth-order valence-electron chi connectivity index (χ4n) is 4.00. The van der Waals surface area contributed by atoms with Crippen molar-refractivity contribution in [1.82, 2.24) is 9.80 Å². The topological polar surface area (TPSA) is 77.9 Å². The average molecular weight is 328 g/mol. The molecule has 126 valence electrons. The number of nitrogens with zero attached hydrogens (tertiary/aromatic N) is 2. The smallest absolute Gasteiger partial charge is 0.308 e. The molecule has 1 aromatic rings. The number of amides is 2. The number of rotatable bonds is 4. The van der Waals surface area contributed by atoms with Crippen LogP contribution in [-0.4, -0.2) is 52.3 Å². The molecule has 0 spiro atoms. The van der Waals surface area contributed by atoms with Gasteiger partial charge in [-0.3, -0.25) is 14.4 Å². The third-order valence-electron chi connectivity index (χ3n) is 5.48. The second-order valence-corrected chi connectivity index (χ2v) is 7.06. The van der Waals surface area contributed by atoms with E-state index >= 15 is 0 Å². The maximum atomic E-state index is 12.6. The van der Waals surface area contributed by atoms with Gasteiger partial charge in [-0.1, -0.05) is 18.2 Å². The first-order valence-corrected chi connectivity index (χ1v) is 8.42. The molecule has 0 radical (unpaired) electrons. The summed E-state index contributed by atoms with van der Waals surface area (Å²) in [7, 11) is 0. The van der Waals surface area contributed by atoms with Crippen molar-refractivity contribution in [2.45, 2.75) is 19.4 Å². The summed E-state index contributed by atoms with van der Waals surface area (Å²) >= 11 is 0. The van der Waals surface area contributed by atoms with E-state index in [4.69, 9.17) is 0 Å². The van der Waals surface area contributed by atoms with E-state index in [0.29, 0.717) is 24.6 Å². The minimum absolute atomic E-state index is 0.0250. The molecule has 1 aliphatic carbocycles. The number of hydrogen-bond donors (Lipinski definition) is 1. The van der Waals surface area contributed by atoms with Crippen molar-refractivity contribution in [1.29, 1.82) is 0 Å². The molecule has 0 bridgehead atoms. The van der Waals surface area contributed by atoms with E-state index in [-0.39, 0.29) is 30.8 Å². The Morgan fingerprint density at radius 1 is 1.17 bits per heavy atom. The monoisotopic (exact) mass is 328 g/mol. The van der Waals surface area contributed by atoms with Crippen LogP contribution in [0.4, 0.5) is 0 Å². The first-order chi connectivity index (χ1) is 11.5. The molecule has 1 aromatic carbocycles. The van der Waals surface area contributed by atoms with Crippen molar-refractivity contribution in [2.75, 3.05) is 19.6 Å². The molecule has 24 heavy (non-hydrogen) atoms. The summed E-state index contributed by atoms with van der Waals surface area (Å²) < 4.78 is 0. The van der Waals surface area contributed by atoms with Crippen LogP contribution in [0.1, 0.15) is 28.8 Å². The van der Waals surface area contributed by atoms with Crippen LogP contribution in [-0.2, 0) is 16.1 Å². The van der Waals surface area contributed by atoms with Crippen molar-refractivity contribution >= 4 is 17.8 Å². The Morgan fingerprint density at radius 2 is 1.92 bits per heavy atom. The van der Waals surface area contributed by atoms with Gasteiger partial charge in [-0.2, -0.15) is 0 Å². The summed E-state index contributed by atoms with van der Waals surface area (Å²) in [5, 5.41) is 9.40. The molecule has 0 unspecified atom stereocenters. The van der Waals surface area contributed by atoms with E-state index in [2.05, 4.69) is 0 Å². The zero-order valence-corrected chi connectivity index (χ0v) is 13.4. The van der Waals surface area contributed by atoms with E-state index in [0.717, 1.165) is 18.4 Å². The zero-order valence-electron chi connectivity index (χ0n) is 13.4. The molecule has 1 saturated carbocycles. The normalized spacial score (nSPS) is 25.9. The van der Waals surface area contributed by atoms with Gasteiger partial charge in [0.25, 0.3) is 5.91 Å². The molecular weight excluding hydrogens is 308 g/mol. The number of carboxylic acid groups (broad SMARTS) is 1. The standard InChI is InChI=1S/C18H20N2O4/c21-16(10-20-7-12-3-1-2-4-13(12)17(20)22)19-8-14(11-5-6-11)15(9-19)18(23)24/h1-4,11,14-15H,5-10H2,(H,23,24)/t14-,15+/m1/s1. The third kappa shape index (κ3) is 2.56. The second-order valence-electron chi connectivity index (χ2n) is 7.06. The van der Waals surface area contributed by atoms with E-state index < -0.39 is 11.9 Å². The lowest BCUT2D eigenvalue weighted by Gasteiger charge is -2.21. The minimum atomic E-state index is -0.813. The van der Waals surface area contributed by atoms with Crippen LogP contribution >= 0.6 is 0 Å². The number of carbonyl (C=O) groups is 3. The predicted molar refractivity (Wildman–Crippen MR) is 85.1 cm³/mol. The van der Waals surface area contributed by atoms with Crippen LogP contribution in [0.2, 0.25) is 0 Å². The Bertz CT molecular complexity index is 713. The molecule has 2 heterocycles. The van der Waals surface area contributed by atoms with Crippen molar-refractivity contribution < 1.29 is 19.5 Å². The Hall–Kier alpha value is -2.37. The Labute approximate surface area is 140 Å². The van der Waals surface area contributed by atoms with Crippen LogP contribution in [0.25, 0.3) is 0 Å². The second kappa shape index (κ2) is 5.61. The summed E-state index contributed by atoms with van der Waals surface area (Å²) in [5.41, 5.74) is 1.60. The molecule has 6 heteroatoms. The van der Waals surface area contributed by atoms with Crippen LogP contribution < -0.4 is 0 Å². The molecule has 4 rings (SSSR count). The van der Waals surface area contributed by atoms with Gasteiger partial charge in [0.15, 0.2) is 0 Å². The number of benzene rings is 1. The summed E-state index contributed by atoms with van der Waals surface area (Å²) in [4.78, 5) is 39.6. The first kappa shape index (κ1) is 15.2. The Kier molecular flexibility index (Phi) is 3.55. The summed E-state index contributed by atoms with van der Waals surface area (Å²) in [6.45, 7) is 1.25. The third-order valence-corrected chi connectivity index (χ3v) is 5.48. The first-order valence-electron chi connectivity index (χ1n) is 8.42. The number of fused-ring (bicyclic) bond motifs is 1. The van der Waals surface area contributed by atoms with Gasteiger partial charge in [0.1, 0.15) is 6.54 Å². The van der Waals surface area contributed by atoms with E-state index in [1.165, 1.54) is 0 Å². The fraction of sp³-hybridized carbons (Fsp3) is 0.500. The lowest BCUT2D eigenvalue weighted by Crippen LogP contribution is -2.39. The molecule has 2 fully saturated rings. The maximum Gasteiger partial charge on any atom is 0.308 e. The molecule has 3 aliphatic rings. The number of hydrogen-bond acceptors (Lipinski definition) is 3. The van der Waals surface area contributed by atoms with Gasteiger partial charge in [0, 0.05) is 25.2 Å². The molecule has 2 atom stereocenters. The highest BCUT2D eigenvalue weighted by molar-refractivity contribution is 6.00. The Morgan fingerprint density at radius 3 is 2.58 bits per heavy atom. The van der Waals surface area contributed by atoms with Crippen LogP contribution in [0.5, 0.6) is 0 Å². The molecule has 1 saturated heterocycles. The maximum absolute atomic E-state index is 12.6. The van der Waals surface area contributed by atoms with Crippen LogP contribution in [0.15, 0.2) is 24.3 Å². The van der Waals surface area contributed by atoms with E-state index in [1.54, 1.807) is 15.9 Å². The van der Waals surface area contributed by atoms with Crippen LogP contribution in [0, 0.1) is 17.8 Å². The molecular formula is C18H20N2O4. The van der Waals surface area contributed by atoms with Crippen molar-refractivity contribution in [3.63, 3.8) is 0 Å². The van der Waals surface area contributed by atoms with Crippen molar-refractivity contribution in [3.05, 3.63) is 35.4 Å². The molecule has 2 amide bonds. The average Bonchev–Trinajstić information content (AvgIpc) is 3.23. The summed E-state index contributed by atoms with van der Waals surface area (Å²) in [5.74, 6) is -1.03. The van der Waals surface area contributed by atoms with Gasteiger partial charge < -0.3 is 14.9 Å². The largest absolute Gasteiger partial charge is 0.481 e. The minimum Gasteiger partial charge on any atom is -0.481 e. The van der Waals surface area contributed by atoms with Gasteiger partial charge >= 0.3 is 5.97 Å². The molecule has 6 nitrogen and oxygen atoms in total. The van der Waals surface area contributed by atoms with Gasteiger partial charge in [-0.15, -0.1) is 0 Å². The number of likely N-dealkylation sites (tertiary alicyclic amines) is 1. The lowest BCUT2D eigenvalue weighted by molar-refractivity contribution is -0.142. The van der Waals surface area contributed by atoms with Crippen molar-refractivity contribution in [3.8, 4) is 0 Å². The zero-order chi connectivity index (χ0) is 16.8. The highest BCUT2D eigenvalue weighted by Crippen LogP contribution is 2.44. The number of carbonyl (C=O) groups excluding carboxylic acids is 2. The summed E-state index contributed by atoms with van der Waals surface area (Å²) in [6, 6.07) is 7.38. The fourth-order valence-corrected chi connectivity index (χ4v) is 4.00.